The van der Waals surface area contributed by atoms with Gasteiger partial charge >= 0.3 is 0 Å². The second kappa shape index (κ2) is 6.69. The Morgan fingerprint density at radius 2 is 2.10 bits per heavy atom. The summed E-state index contributed by atoms with van der Waals surface area (Å²) in [5.74, 6) is 0.385. The number of fused-ring (bicyclic) bond motifs is 6. The first-order valence-corrected chi connectivity index (χ1v) is 10.3. The van der Waals surface area contributed by atoms with Crippen LogP contribution in [-0.4, -0.2) is 9.97 Å². The second-order valence-electron chi connectivity index (χ2n) is 8.30. The third-order valence-corrected chi connectivity index (χ3v) is 6.59. The van der Waals surface area contributed by atoms with Gasteiger partial charge in [0.1, 0.15) is 5.58 Å². The highest BCUT2D eigenvalue weighted by Gasteiger charge is 2.35. The number of hydrogen-bond acceptors (Lipinski definition) is 3. The van der Waals surface area contributed by atoms with Gasteiger partial charge < -0.3 is 4.42 Å². The van der Waals surface area contributed by atoms with Crippen LogP contribution in [0.15, 0.2) is 53.0 Å². The summed E-state index contributed by atoms with van der Waals surface area (Å²) in [7, 11) is 0. The van der Waals surface area contributed by atoms with E-state index in [2.05, 4.69) is 9.97 Å². The first-order valence-electron chi connectivity index (χ1n) is 14.3. The SMILES string of the molecule is [2H]c1nc(-c2cccc3c2oc2nc(C([2H])([2H])[2H])ccc23)c([2H])c(C([2H])([2H])C2CC3CCC2CC3)c1[2H]. The fourth-order valence-electron chi connectivity index (χ4n) is 5.12. The largest absolute Gasteiger partial charge is 0.437 e. The molecule has 3 saturated carbocycles. The minimum absolute atomic E-state index is 0.0709. The van der Waals surface area contributed by atoms with Gasteiger partial charge in [0.05, 0.1) is 9.81 Å². The maximum Gasteiger partial charge on any atom is 0.227 e. The molecule has 0 aliphatic heterocycles. The molecule has 29 heavy (non-hydrogen) atoms. The summed E-state index contributed by atoms with van der Waals surface area (Å²) in [5, 5.41) is 1.25. The Morgan fingerprint density at radius 3 is 2.93 bits per heavy atom. The standard InChI is InChI=1S/C26H26N2O/c1-16-5-10-22-21-3-2-4-23(25(21)29-26(22)28-16)24-15-18(11-12-27-24)14-20-13-17-6-8-19(20)9-7-17/h2-5,10-12,15,17,19-20H,6-9,13-14H2,1H3/i1D3,11D,12D,14D2,15D. The lowest BCUT2D eigenvalue weighted by Crippen LogP contribution is -2.32. The Hall–Kier alpha value is -2.68. The lowest BCUT2D eigenvalue weighted by Gasteiger charge is -2.42. The number of hydrogen-bond donors (Lipinski definition) is 0. The zero-order valence-electron chi connectivity index (χ0n) is 24.0. The van der Waals surface area contributed by atoms with Crippen LogP contribution in [0.5, 0.6) is 0 Å². The molecule has 146 valence electrons. The van der Waals surface area contributed by atoms with Crippen molar-refractivity contribution < 1.29 is 15.4 Å². The van der Waals surface area contributed by atoms with Crippen molar-refractivity contribution in [3.63, 3.8) is 0 Å². The van der Waals surface area contributed by atoms with Crippen molar-refractivity contribution in [1.82, 2.24) is 9.97 Å². The quantitative estimate of drug-likeness (QED) is 0.390. The Bertz CT molecular complexity index is 1540. The van der Waals surface area contributed by atoms with Crippen LogP contribution < -0.4 is 0 Å². The van der Waals surface area contributed by atoms with E-state index in [1.807, 2.05) is 0 Å². The highest BCUT2D eigenvalue weighted by molar-refractivity contribution is 6.08. The summed E-state index contributed by atoms with van der Waals surface area (Å²) in [6, 6.07) is 7.74. The zero-order valence-corrected chi connectivity index (χ0v) is 16.0. The van der Waals surface area contributed by atoms with Crippen molar-refractivity contribution in [2.45, 2.75) is 45.3 Å². The van der Waals surface area contributed by atoms with Gasteiger partial charge in [-0.25, -0.2) is 4.98 Å². The number of para-hydroxylation sites is 1. The molecule has 0 radical (unpaired) electrons. The molecule has 1 aromatic carbocycles. The van der Waals surface area contributed by atoms with E-state index >= 15 is 0 Å². The summed E-state index contributed by atoms with van der Waals surface area (Å²) in [6.07, 6.45) is 2.55. The molecule has 3 heteroatoms. The van der Waals surface area contributed by atoms with Crippen LogP contribution in [0.1, 0.15) is 54.3 Å². The third kappa shape index (κ3) is 2.95. The van der Waals surface area contributed by atoms with Gasteiger partial charge in [0.15, 0.2) is 0 Å². The van der Waals surface area contributed by atoms with Crippen molar-refractivity contribution in [1.29, 1.82) is 0 Å². The minimum Gasteiger partial charge on any atom is -0.437 e. The molecule has 3 nitrogen and oxygen atoms in total. The van der Waals surface area contributed by atoms with Crippen molar-refractivity contribution in [3.8, 4) is 11.3 Å². The Kier molecular flexibility index (Phi) is 2.52. The maximum absolute atomic E-state index is 9.12. The van der Waals surface area contributed by atoms with E-state index in [0.29, 0.717) is 27.8 Å². The van der Waals surface area contributed by atoms with Crippen LogP contribution in [0, 0.1) is 24.6 Å². The topological polar surface area (TPSA) is 38.9 Å². The summed E-state index contributed by atoms with van der Waals surface area (Å²) in [5.41, 5.74) is 0.738. The van der Waals surface area contributed by atoms with Gasteiger partial charge in [0.25, 0.3) is 0 Å². The molecule has 1 unspecified atom stereocenters. The van der Waals surface area contributed by atoms with Crippen LogP contribution in [0.25, 0.3) is 33.3 Å². The lowest BCUT2D eigenvalue weighted by atomic mass is 9.63. The Morgan fingerprint density at radius 1 is 1.17 bits per heavy atom. The fraction of sp³-hybridized carbons (Fsp3) is 0.385. The second-order valence-corrected chi connectivity index (χ2v) is 8.30. The first-order chi connectivity index (χ1) is 17.5. The number of rotatable bonds is 3. The van der Waals surface area contributed by atoms with Crippen LogP contribution in [-0.2, 0) is 6.37 Å². The summed E-state index contributed by atoms with van der Waals surface area (Å²) in [4.78, 5) is 8.43. The molecule has 0 N–H and O–H groups in total. The molecular formula is C26H26N2O. The summed E-state index contributed by atoms with van der Waals surface area (Å²) in [6.45, 7) is -2.39. The van der Waals surface area contributed by atoms with E-state index in [0.717, 1.165) is 32.1 Å². The van der Waals surface area contributed by atoms with Crippen molar-refractivity contribution in [2.24, 2.45) is 17.8 Å². The Labute approximate surface area is 182 Å². The smallest absolute Gasteiger partial charge is 0.227 e. The van der Waals surface area contributed by atoms with E-state index < -0.39 is 13.2 Å². The van der Waals surface area contributed by atoms with Crippen molar-refractivity contribution >= 4 is 22.1 Å². The molecule has 0 spiro atoms. The van der Waals surface area contributed by atoms with Crippen molar-refractivity contribution in [3.05, 3.63) is 59.8 Å². The summed E-state index contributed by atoms with van der Waals surface area (Å²) >= 11 is 0. The average Bonchev–Trinajstić information content (AvgIpc) is 3.25. The van der Waals surface area contributed by atoms with Crippen LogP contribution in [0.4, 0.5) is 0 Å². The van der Waals surface area contributed by atoms with Gasteiger partial charge in [0.2, 0.25) is 5.71 Å². The molecule has 3 aliphatic carbocycles. The van der Waals surface area contributed by atoms with E-state index in [1.165, 1.54) is 6.07 Å². The zero-order chi connectivity index (χ0) is 26.3. The third-order valence-electron chi connectivity index (χ3n) is 6.59. The number of aryl methyl sites for hydroxylation is 1. The lowest BCUT2D eigenvalue weighted by molar-refractivity contribution is 0.0991. The maximum atomic E-state index is 9.12. The number of pyridine rings is 2. The predicted octanol–water partition coefficient (Wildman–Crippen LogP) is 6.72. The number of nitrogens with zero attached hydrogens (tertiary/aromatic N) is 2. The highest BCUT2D eigenvalue weighted by atomic mass is 16.3. The number of aromatic nitrogens is 2. The molecule has 3 heterocycles. The van der Waals surface area contributed by atoms with E-state index in [-0.39, 0.29) is 52.8 Å². The van der Waals surface area contributed by atoms with Gasteiger partial charge in [-0.05, 0) is 86.1 Å². The molecule has 7 rings (SSSR count). The van der Waals surface area contributed by atoms with Crippen LogP contribution >= 0.6 is 0 Å². The number of benzene rings is 1. The number of furan rings is 1. The highest BCUT2D eigenvalue weighted by Crippen LogP contribution is 2.46. The molecule has 2 bridgehead atoms. The van der Waals surface area contributed by atoms with Gasteiger partial charge in [-0.3, -0.25) is 4.98 Å². The molecule has 3 aliphatic rings. The minimum atomic E-state index is -2.39. The van der Waals surface area contributed by atoms with Crippen LogP contribution in [0.2, 0.25) is 0 Å². The molecule has 1 atom stereocenters. The van der Waals surface area contributed by atoms with E-state index in [9.17, 15) is 0 Å². The van der Waals surface area contributed by atoms with Crippen LogP contribution in [0.3, 0.4) is 0 Å². The van der Waals surface area contributed by atoms with E-state index in [1.54, 1.807) is 24.3 Å². The fourth-order valence-corrected chi connectivity index (χ4v) is 5.12. The van der Waals surface area contributed by atoms with Gasteiger partial charge in [0, 0.05) is 35.1 Å². The van der Waals surface area contributed by atoms with Gasteiger partial charge in [-0.15, -0.1) is 0 Å². The summed E-state index contributed by atoms with van der Waals surface area (Å²) < 4.78 is 73.1. The first kappa shape index (κ1) is 10.9. The molecule has 3 aromatic heterocycles. The van der Waals surface area contributed by atoms with Crippen molar-refractivity contribution in [2.75, 3.05) is 0 Å². The Balaban J connectivity index is 1.54. The molecule has 0 amide bonds. The van der Waals surface area contributed by atoms with Gasteiger partial charge in [-0.1, -0.05) is 25.0 Å². The normalized spacial score (nSPS) is 28.8. The predicted molar refractivity (Wildman–Crippen MR) is 117 cm³/mol. The molecular weight excluding hydrogens is 356 g/mol. The molecule has 0 saturated heterocycles. The van der Waals surface area contributed by atoms with E-state index in [4.69, 9.17) is 15.4 Å². The monoisotopic (exact) mass is 390 g/mol. The molecule has 3 fully saturated rings. The molecule has 4 aromatic rings. The average molecular weight is 391 g/mol. The van der Waals surface area contributed by atoms with Gasteiger partial charge in [-0.2, -0.15) is 0 Å².